The van der Waals surface area contributed by atoms with Crippen molar-refractivity contribution < 1.29 is 19.1 Å². The summed E-state index contributed by atoms with van der Waals surface area (Å²) in [4.78, 5) is 22.7. The van der Waals surface area contributed by atoms with Crippen LogP contribution in [-0.4, -0.2) is 24.3 Å². The van der Waals surface area contributed by atoms with E-state index in [2.05, 4.69) is 26.0 Å². The maximum absolute atomic E-state index is 11.5. The van der Waals surface area contributed by atoms with Crippen molar-refractivity contribution in [3.8, 4) is 5.75 Å². The number of hydrogen-bond donors (Lipinski definition) is 1. The van der Waals surface area contributed by atoms with Crippen molar-refractivity contribution in [3.05, 3.63) is 59.7 Å². The molecular formula is C17H16BrNO4. The normalized spacial score (nSPS) is 10.0. The molecule has 6 heteroatoms. The molecule has 0 aliphatic rings. The van der Waals surface area contributed by atoms with Gasteiger partial charge in [-0.3, -0.25) is 10.1 Å². The zero-order chi connectivity index (χ0) is 16.7. The number of amides is 1. The van der Waals surface area contributed by atoms with Gasteiger partial charge in [0, 0.05) is 11.3 Å². The van der Waals surface area contributed by atoms with Gasteiger partial charge in [-0.05, 0) is 42.0 Å². The van der Waals surface area contributed by atoms with Gasteiger partial charge in [-0.25, -0.2) is 4.79 Å². The number of hydrogen-bond acceptors (Lipinski definition) is 4. The van der Waals surface area contributed by atoms with Crippen molar-refractivity contribution >= 4 is 33.5 Å². The largest absolute Gasteiger partial charge is 0.489 e. The van der Waals surface area contributed by atoms with Crippen LogP contribution in [0.3, 0.4) is 0 Å². The highest BCUT2D eigenvalue weighted by molar-refractivity contribution is 9.09. The summed E-state index contributed by atoms with van der Waals surface area (Å²) in [5.41, 5.74) is 2.18. The molecule has 5 nitrogen and oxygen atoms in total. The second kappa shape index (κ2) is 8.33. The highest BCUT2D eigenvalue weighted by Gasteiger charge is 2.05. The van der Waals surface area contributed by atoms with Crippen LogP contribution in [0, 0.1) is 0 Å². The summed E-state index contributed by atoms with van der Waals surface area (Å²) in [5.74, 6) is 0.695. The van der Waals surface area contributed by atoms with Gasteiger partial charge >= 0.3 is 6.09 Å². The minimum atomic E-state index is -0.518. The summed E-state index contributed by atoms with van der Waals surface area (Å²) >= 11 is 3.14. The number of benzene rings is 2. The number of rotatable bonds is 6. The van der Waals surface area contributed by atoms with E-state index >= 15 is 0 Å². The third-order valence-electron chi connectivity index (χ3n) is 3.06. The van der Waals surface area contributed by atoms with Crippen LogP contribution in [0.4, 0.5) is 10.5 Å². The number of carbonyl (C=O) groups excluding carboxylic acids is 2. The predicted octanol–water partition coefficient (Wildman–Crippen LogP) is 4.02. The van der Waals surface area contributed by atoms with Crippen molar-refractivity contribution in [2.24, 2.45) is 0 Å². The Morgan fingerprint density at radius 2 is 1.87 bits per heavy atom. The zero-order valence-electron chi connectivity index (χ0n) is 12.5. The van der Waals surface area contributed by atoms with E-state index < -0.39 is 6.09 Å². The molecule has 23 heavy (non-hydrogen) atoms. The monoisotopic (exact) mass is 377 g/mol. The van der Waals surface area contributed by atoms with Crippen molar-refractivity contribution in [2.45, 2.75) is 6.61 Å². The number of methoxy groups -OCH3 is 1. The standard InChI is InChI=1S/C17H16BrNO4/c1-22-17(21)19-14-4-2-3-12(9-14)11-23-15-7-5-13(6-8-15)16(20)10-18/h2-9H,10-11H2,1H3,(H,19,21). The molecular weight excluding hydrogens is 362 g/mol. The fourth-order valence-electron chi connectivity index (χ4n) is 1.89. The van der Waals surface area contributed by atoms with Gasteiger partial charge in [0.15, 0.2) is 5.78 Å². The number of halogens is 1. The first kappa shape index (κ1) is 17.0. The molecule has 0 heterocycles. The van der Waals surface area contributed by atoms with Gasteiger partial charge < -0.3 is 9.47 Å². The molecule has 1 amide bonds. The molecule has 0 bridgehead atoms. The van der Waals surface area contributed by atoms with E-state index in [9.17, 15) is 9.59 Å². The number of nitrogens with one attached hydrogen (secondary N) is 1. The first-order valence-corrected chi connectivity index (χ1v) is 8.00. The average molecular weight is 378 g/mol. The van der Waals surface area contributed by atoms with E-state index in [0.717, 1.165) is 5.56 Å². The van der Waals surface area contributed by atoms with Crippen LogP contribution in [0.5, 0.6) is 5.75 Å². The van der Waals surface area contributed by atoms with Crippen LogP contribution < -0.4 is 10.1 Å². The lowest BCUT2D eigenvalue weighted by atomic mass is 10.1. The fraction of sp³-hybridized carbons (Fsp3) is 0.176. The Hall–Kier alpha value is -2.34. The summed E-state index contributed by atoms with van der Waals surface area (Å²) in [6.45, 7) is 0.350. The van der Waals surface area contributed by atoms with Crippen LogP contribution in [0.25, 0.3) is 0 Å². The molecule has 0 saturated carbocycles. The van der Waals surface area contributed by atoms with Crippen molar-refractivity contribution in [2.75, 3.05) is 17.8 Å². The number of ether oxygens (including phenoxy) is 2. The van der Waals surface area contributed by atoms with Crippen LogP contribution in [0.1, 0.15) is 15.9 Å². The Morgan fingerprint density at radius 3 is 2.52 bits per heavy atom. The molecule has 2 rings (SSSR count). The SMILES string of the molecule is COC(=O)Nc1cccc(COc2ccc(C(=O)CBr)cc2)c1. The topological polar surface area (TPSA) is 64.6 Å². The Morgan fingerprint density at radius 1 is 1.13 bits per heavy atom. The molecule has 0 fully saturated rings. The quantitative estimate of drug-likeness (QED) is 0.609. The van der Waals surface area contributed by atoms with Crippen LogP contribution in [-0.2, 0) is 11.3 Å². The summed E-state index contributed by atoms with van der Waals surface area (Å²) < 4.78 is 10.2. The lowest BCUT2D eigenvalue weighted by Crippen LogP contribution is -2.11. The van der Waals surface area contributed by atoms with Gasteiger partial charge in [0.1, 0.15) is 12.4 Å². The molecule has 0 radical (unpaired) electrons. The van der Waals surface area contributed by atoms with Gasteiger partial charge in [-0.15, -0.1) is 0 Å². The molecule has 0 aliphatic carbocycles. The van der Waals surface area contributed by atoms with Crippen molar-refractivity contribution in [1.82, 2.24) is 0 Å². The average Bonchev–Trinajstić information content (AvgIpc) is 2.60. The highest BCUT2D eigenvalue weighted by atomic mass is 79.9. The molecule has 2 aromatic carbocycles. The van der Waals surface area contributed by atoms with Crippen LogP contribution in [0.2, 0.25) is 0 Å². The van der Waals surface area contributed by atoms with Crippen LogP contribution >= 0.6 is 15.9 Å². The fourth-order valence-corrected chi connectivity index (χ4v) is 2.21. The lowest BCUT2D eigenvalue weighted by Gasteiger charge is -2.09. The zero-order valence-corrected chi connectivity index (χ0v) is 14.1. The molecule has 1 N–H and O–H groups in total. The molecule has 2 aromatic rings. The van der Waals surface area contributed by atoms with Gasteiger partial charge in [-0.1, -0.05) is 28.1 Å². The predicted molar refractivity (Wildman–Crippen MR) is 91.4 cm³/mol. The van der Waals surface area contributed by atoms with E-state index in [0.29, 0.717) is 28.9 Å². The minimum absolute atomic E-state index is 0.0261. The first-order chi connectivity index (χ1) is 11.1. The molecule has 0 spiro atoms. The third-order valence-corrected chi connectivity index (χ3v) is 3.57. The van der Waals surface area contributed by atoms with Crippen molar-refractivity contribution in [3.63, 3.8) is 0 Å². The number of anilines is 1. The molecule has 0 saturated heterocycles. The maximum atomic E-state index is 11.5. The van der Waals surface area contributed by atoms with Crippen LogP contribution in [0.15, 0.2) is 48.5 Å². The Balaban J connectivity index is 1.96. The second-order valence-electron chi connectivity index (χ2n) is 4.69. The second-order valence-corrected chi connectivity index (χ2v) is 5.25. The number of Topliss-reactive ketones (excluding diaryl/α,β-unsaturated/α-hetero) is 1. The molecule has 0 atom stereocenters. The Kier molecular flexibility index (Phi) is 6.17. The Labute approximate surface area is 142 Å². The smallest absolute Gasteiger partial charge is 0.411 e. The lowest BCUT2D eigenvalue weighted by molar-refractivity contribution is 0.102. The summed E-state index contributed by atoms with van der Waals surface area (Å²) in [7, 11) is 1.31. The molecule has 0 unspecified atom stereocenters. The third kappa shape index (κ3) is 5.10. The minimum Gasteiger partial charge on any atom is -0.489 e. The maximum Gasteiger partial charge on any atom is 0.411 e. The number of ketones is 1. The van der Waals surface area contributed by atoms with E-state index in [1.165, 1.54) is 7.11 Å². The van der Waals surface area contributed by atoms with Gasteiger partial charge in [-0.2, -0.15) is 0 Å². The van der Waals surface area contributed by atoms with Crippen molar-refractivity contribution in [1.29, 1.82) is 0 Å². The Bertz CT molecular complexity index is 685. The van der Waals surface area contributed by atoms with Gasteiger partial charge in [0.25, 0.3) is 0 Å². The van der Waals surface area contributed by atoms with Gasteiger partial charge in [0.05, 0.1) is 12.4 Å². The molecule has 0 aliphatic heterocycles. The van der Waals surface area contributed by atoms with E-state index in [1.807, 2.05) is 12.1 Å². The van der Waals surface area contributed by atoms with E-state index in [-0.39, 0.29) is 5.78 Å². The molecule has 120 valence electrons. The van der Waals surface area contributed by atoms with E-state index in [4.69, 9.17) is 4.74 Å². The van der Waals surface area contributed by atoms with E-state index in [1.54, 1.807) is 36.4 Å². The number of alkyl halides is 1. The highest BCUT2D eigenvalue weighted by Crippen LogP contribution is 2.17. The summed E-state index contributed by atoms with van der Waals surface area (Å²) in [6.07, 6.45) is -0.518. The first-order valence-electron chi connectivity index (χ1n) is 6.88. The summed E-state index contributed by atoms with van der Waals surface area (Å²) in [6, 6.07) is 14.3. The summed E-state index contributed by atoms with van der Waals surface area (Å²) in [5, 5.41) is 2.90. The molecule has 0 aromatic heterocycles. The van der Waals surface area contributed by atoms with Gasteiger partial charge in [0.2, 0.25) is 0 Å². The number of carbonyl (C=O) groups is 2.